The highest BCUT2D eigenvalue weighted by Crippen LogP contribution is 2.33. The predicted molar refractivity (Wildman–Crippen MR) is 225 cm³/mol. The lowest BCUT2D eigenvalue weighted by molar-refractivity contribution is 1.04. The summed E-state index contributed by atoms with van der Waals surface area (Å²) in [4.78, 5) is 0. The molecule has 2 aliphatic carbocycles. The lowest BCUT2D eigenvalue weighted by atomic mass is 9.91. The molecule has 2 aliphatic rings. The molecular weight excluding hydrogens is 613 g/mol. The van der Waals surface area contributed by atoms with Crippen molar-refractivity contribution < 1.29 is 0 Å². The molecule has 51 heavy (non-hydrogen) atoms. The van der Waals surface area contributed by atoms with Crippen molar-refractivity contribution >= 4 is 27.9 Å². The Morgan fingerprint density at radius 1 is 0.549 bits per heavy atom. The maximum Gasteiger partial charge on any atom is -0.0175 e. The van der Waals surface area contributed by atoms with Crippen LogP contribution in [-0.2, 0) is 0 Å². The summed E-state index contributed by atoms with van der Waals surface area (Å²) < 4.78 is 0. The molecule has 0 bridgehead atoms. The first-order valence-electron chi connectivity index (χ1n) is 18.4. The van der Waals surface area contributed by atoms with E-state index in [1.807, 2.05) is 19.9 Å². The van der Waals surface area contributed by atoms with Gasteiger partial charge in [-0.1, -0.05) is 166 Å². The summed E-state index contributed by atoms with van der Waals surface area (Å²) >= 11 is 0. The Morgan fingerprint density at radius 3 is 1.80 bits per heavy atom. The molecule has 7 rings (SSSR count). The third kappa shape index (κ3) is 8.91. The monoisotopic (exact) mass is 660 g/mol. The first kappa shape index (κ1) is 35.1. The molecule has 5 aromatic carbocycles. The van der Waals surface area contributed by atoms with Gasteiger partial charge in [-0.3, -0.25) is 0 Å². The van der Waals surface area contributed by atoms with Crippen LogP contribution in [0.15, 0.2) is 183 Å². The summed E-state index contributed by atoms with van der Waals surface area (Å²) in [5, 5.41) is 0. The fourth-order valence-electron chi connectivity index (χ4n) is 6.72. The average molecular weight is 661 g/mol. The largest absolute Gasteiger partial charge is 0.0911 e. The lowest BCUT2D eigenvalue weighted by Crippen LogP contribution is -1.91. The van der Waals surface area contributed by atoms with E-state index < -0.39 is 0 Å². The molecule has 0 radical (unpaired) electrons. The van der Waals surface area contributed by atoms with Crippen molar-refractivity contribution in [1.29, 1.82) is 0 Å². The lowest BCUT2D eigenvalue weighted by Gasteiger charge is -2.13. The van der Waals surface area contributed by atoms with E-state index in [-0.39, 0.29) is 0 Å². The van der Waals surface area contributed by atoms with Crippen LogP contribution in [0.2, 0.25) is 0 Å². The molecule has 5 aromatic rings. The van der Waals surface area contributed by atoms with E-state index in [0.717, 1.165) is 48.0 Å². The zero-order chi connectivity index (χ0) is 35.4. The highest BCUT2D eigenvalue weighted by molar-refractivity contribution is 5.92. The van der Waals surface area contributed by atoms with Crippen LogP contribution in [-0.4, -0.2) is 0 Å². The standard InChI is InChI=1S/C49H42.C2H6/c1-36(38-16-6-3-7-17-38)30-49(48-29-15-28-47(35-48)46-27-14-24-43(34-46)40-20-10-5-11-21-40)31-37(2)41-22-12-25-44(32-41)45-26-13-23-42(33-45)39-18-8-4-9-19-39;1-2/h3-4,6-8,10,12-18,20-35H,1,5,9,11,19H2,2H3;1-2H3/b37-31+,49-30+;. The molecule has 0 saturated heterocycles. The molecule has 0 saturated carbocycles. The minimum Gasteiger partial charge on any atom is -0.0911 e. The Labute approximate surface area is 305 Å². The van der Waals surface area contributed by atoms with Crippen LogP contribution < -0.4 is 0 Å². The van der Waals surface area contributed by atoms with Crippen LogP contribution in [0.1, 0.15) is 74.3 Å². The van der Waals surface area contributed by atoms with Crippen molar-refractivity contribution in [2.24, 2.45) is 0 Å². The third-order valence-corrected chi connectivity index (χ3v) is 9.46. The van der Waals surface area contributed by atoms with E-state index in [1.165, 1.54) is 55.7 Å². The second-order valence-electron chi connectivity index (χ2n) is 12.9. The molecule has 0 amide bonds. The fraction of sp³-hybridized carbons (Fsp3) is 0.137. The number of rotatable bonds is 9. The van der Waals surface area contributed by atoms with Gasteiger partial charge in [0.15, 0.2) is 0 Å². The van der Waals surface area contributed by atoms with Gasteiger partial charge in [-0.05, 0) is 141 Å². The van der Waals surface area contributed by atoms with Gasteiger partial charge in [0.25, 0.3) is 0 Å². The second kappa shape index (κ2) is 17.3. The normalized spacial score (nSPS) is 14.3. The second-order valence-corrected chi connectivity index (χ2v) is 12.9. The Kier molecular flexibility index (Phi) is 11.9. The molecule has 0 heterocycles. The van der Waals surface area contributed by atoms with Crippen LogP contribution in [0.4, 0.5) is 0 Å². The van der Waals surface area contributed by atoms with E-state index >= 15 is 0 Å². The average Bonchev–Trinajstić information content (AvgIpc) is 3.22. The van der Waals surface area contributed by atoms with Crippen molar-refractivity contribution in [3.63, 3.8) is 0 Å². The van der Waals surface area contributed by atoms with Crippen LogP contribution in [0, 0.1) is 0 Å². The first-order valence-corrected chi connectivity index (χ1v) is 18.4. The summed E-state index contributed by atoms with van der Waals surface area (Å²) in [6.45, 7) is 10.7. The van der Waals surface area contributed by atoms with Gasteiger partial charge >= 0.3 is 0 Å². The Hall–Kier alpha value is -5.72. The Morgan fingerprint density at radius 2 is 1.14 bits per heavy atom. The summed E-state index contributed by atoms with van der Waals surface area (Å²) in [7, 11) is 0. The van der Waals surface area contributed by atoms with Gasteiger partial charge in [0.1, 0.15) is 0 Å². The van der Waals surface area contributed by atoms with Gasteiger partial charge in [0, 0.05) is 0 Å². The van der Waals surface area contributed by atoms with Gasteiger partial charge in [0.05, 0.1) is 0 Å². The molecule has 0 heteroatoms. The van der Waals surface area contributed by atoms with E-state index in [4.69, 9.17) is 0 Å². The summed E-state index contributed by atoms with van der Waals surface area (Å²) in [5.74, 6) is 0. The highest BCUT2D eigenvalue weighted by Gasteiger charge is 2.10. The molecule has 0 N–H and O–H groups in total. The molecule has 0 unspecified atom stereocenters. The van der Waals surface area contributed by atoms with Crippen molar-refractivity contribution in [1.82, 2.24) is 0 Å². The summed E-state index contributed by atoms with van der Waals surface area (Å²) in [6.07, 6.45) is 22.5. The van der Waals surface area contributed by atoms with Crippen molar-refractivity contribution in [3.8, 4) is 22.3 Å². The van der Waals surface area contributed by atoms with Crippen LogP contribution >= 0.6 is 0 Å². The maximum atomic E-state index is 4.49. The van der Waals surface area contributed by atoms with E-state index in [9.17, 15) is 0 Å². The minimum absolute atomic E-state index is 0.987. The zero-order valence-electron chi connectivity index (χ0n) is 30.3. The molecule has 0 atom stereocenters. The van der Waals surface area contributed by atoms with Crippen molar-refractivity contribution in [3.05, 3.63) is 210 Å². The number of allylic oxidation sites excluding steroid dienone is 13. The molecule has 0 aromatic heterocycles. The molecular formula is C51H48. The zero-order valence-corrected chi connectivity index (χ0v) is 30.3. The van der Waals surface area contributed by atoms with Crippen molar-refractivity contribution in [2.75, 3.05) is 0 Å². The Bertz CT molecular complexity index is 2170. The molecule has 252 valence electrons. The fourth-order valence-corrected chi connectivity index (χ4v) is 6.72. The minimum atomic E-state index is 0.987. The van der Waals surface area contributed by atoms with Gasteiger partial charge in [-0.2, -0.15) is 0 Å². The van der Waals surface area contributed by atoms with Crippen LogP contribution in [0.3, 0.4) is 0 Å². The van der Waals surface area contributed by atoms with E-state index in [1.54, 1.807) is 0 Å². The molecule has 0 nitrogen and oxygen atoms in total. The smallest absolute Gasteiger partial charge is 0.0175 e. The molecule has 0 fully saturated rings. The number of hydrogen-bond donors (Lipinski definition) is 0. The van der Waals surface area contributed by atoms with Gasteiger partial charge in [-0.25, -0.2) is 0 Å². The first-order chi connectivity index (χ1) is 25.1. The number of hydrogen-bond acceptors (Lipinski definition) is 0. The van der Waals surface area contributed by atoms with E-state index in [2.05, 4.69) is 183 Å². The van der Waals surface area contributed by atoms with E-state index in [0.29, 0.717) is 0 Å². The predicted octanol–water partition coefficient (Wildman–Crippen LogP) is 14.7. The topological polar surface area (TPSA) is 0 Å². The highest BCUT2D eigenvalue weighted by atomic mass is 14.1. The van der Waals surface area contributed by atoms with Crippen molar-refractivity contribution in [2.45, 2.75) is 46.5 Å². The van der Waals surface area contributed by atoms with Gasteiger partial charge in [0.2, 0.25) is 0 Å². The SMILES string of the molecule is C=C(/C=C(\C=C(/C)c1cccc(-c2cccc(C3=CC=CCC3)c2)c1)c1cccc(-c2cccc(C3=CCCC=C3)c2)c1)c1ccccc1.CC. The van der Waals surface area contributed by atoms with Crippen LogP contribution in [0.25, 0.3) is 50.1 Å². The quantitative estimate of drug-likeness (QED) is 0.138. The van der Waals surface area contributed by atoms with Crippen LogP contribution in [0.5, 0.6) is 0 Å². The molecule has 0 spiro atoms. The Balaban J connectivity index is 0.00000220. The van der Waals surface area contributed by atoms with Gasteiger partial charge < -0.3 is 0 Å². The summed E-state index contributed by atoms with van der Waals surface area (Å²) in [5.41, 5.74) is 17.0. The third-order valence-electron chi connectivity index (χ3n) is 9.46. The maximum absolute atomic E-state index is 4.49. The summed E-state index contributed by atoms with van der Waals surface area (Å²) in [6, 6.07) is 46.2. The molecule has 0 aliphatic heterocycles. The van der Waals surface area contributed by atoms with Gasteiger partial charge in [-0.15, -0.1) is 0 Å². The number of benzene rings is 5.